The zero-order chi connectivity index (χ0) is 26.7. The molecule has 0 fully saturated rings. The first kappa shape index (κ1) is 26.2. The number of hydrogen-bond acceptors (Lipinski definition) is 4. The molecule has 3 N–H and O–H groups in total. The number of nitrogens with one attached hydrogen (secondary N) is 3. The third-order valence-corrected chi connectivity index (χ3v) is 5.95. The summed E-state index contributed by atoms with van der Waals surface area (Å²) in [6.45, 7) is 0.0445. The smallest absolute Gasteiger partial charge is 0.258 e. The van der Waals surface area contributed by atoms with Crippen molar-refractivity contribution in [2.24, 2.45) is 0 Å². The highest BCUT2D eigenvalue weighted by atomic mass is 16.2. The number of rotatable bonds is 10. The molecular weight excluding hydrogens is 476 g/mol. The summed E-state index contributed by atoms with van der Waals surface area (Å²) >= 11 is 0. The van der Waals surface area contributed by atoms with Crippen molar-refractivity contribution in [3.8, 4) is 0 Å². The molecule has 38 heavy (non-hydrogen) atoms. The Hall–Kier alpha value is -4.91. The maximum absolute atomic E-state index is 12.7. The molecule has 0 saturated carbocycles. The summed E-state index contributed by atoms with van der Waals surface area (Å²) < 4.78 is 0. The number of para-hydroxylation sites is 1. The average molecular weight is 507 g/mol. The minimum Gasteiger partial charge on any atom is -0.376 e. The van der Waals surface area contributed by atoms with Crippen LogP contribution in [0.3, 0.4) is 0 Å². The lowest BCUT2D eigenvalue weighted by Crippen LogP contribution is -2.26. The number of aryl methyl sites for hydroxylation is 1. The van der Waals surface area contributed by atoms with Gasteiger partial charge in [0.05, 0.1) is 6.54 Å². The summed E-state index contributed by atoms with van der Waals surface area (Å²) in [5.74, 6) is -0.439. The second-order valence-corrected chi connectivity index (χ2v) is 8.79. The van der Waals surface area contributed by atoms with Crippen LogP contribution in [0.2, 0.25) is 0 Å². The van der Waals surface area contributed by atoms with E-state index in [1.165, 1.54) is 0 Å². The molecule has 192 valence electrons. The molecule has 0 aromatic heterocycles. The van der Waals surface area contributed by atoms with Crippen LogP contribution >= 0.6 is 0 Å². The van der Waals surface area contributed by atoms with Crippen molar-refractivity contribution in [1.82, 2.24) is 0 Å². The highest BCUT2D eigenvalue weighted by Gasteiger charge is 2.13. The van der Waals surface area contributed by atoms with Crippen LogP contribution < -0.4 is 20.9 Å². The van der Waals surface area contributed by atoms with E-state index in [9.17, 15) is 14.4 Å². The fraction of sp³-hybridized carbons (Fsp3) is 0.129. The van der Waals surface area contributed by atoms with Crippen molar-refractivity contribution >= 4 is 40.5 Å². The van der Waals surface area contributed by atoms with E-state index in [0.717, 1.165) is 11.3 Å². The molecule has 0 radical (unpaired) electrons. The van der Waals surface area contributed by atoms with Crippen molar-refractivity contribution < 1.29 is 14.4 Å². The van der Waals surface area contributed by atoms with Crippen molar-refractivity contribution in [1.29, 1.82) is 0 Å². The topological polar surface area (TPSA) is 90.5 Å². The van der Waals surface area contributed by atoms with Gasteiger partial charge in [0.15, 0.2) is 0 Å². The quantitative estimate of drug-likeness (QED) is 0.262. The number of carbonyl (C=O) groups excluding carboxylic acids is 3. The van der Waals surface area contributed by atoms with E-state index in [1.54, 1.807) is 42.3 Å². The standard InChI is InChI=1S/C31H30N4O3/c1-35(28-13-6-3-7-14-28)31(38)24-16-18-25(19-17-24)33-30(37)22-32-26-11-8-12-27(21-26)34-29(36)20-15-23-9-4-2-5-10-23/h2-14,16-19,21,32H,15,20,22H2,1H3,(H,33,37)(H,34,36). The predicted molar refractivity (Wildman–Crippen MR) is 153 cm³/mol. The lowest BCUT2D eigenvalue weighted by Gasteiger charge is -2.17. The predicted octanol–water partition coefficient (Wildman–Crippen LogP) is 5.59. The Morgan fingerprint density at radius 2 is 1.29 bits per heavy atom. The first-order valence-corrected chi connectivity index (χ1v) is 12.4. The molecule has 3 amide bonds. The van der Waals surface area contributed by atoms with Gasteiger partial charge >= 0.3 is 0 Å². The zero-order valence-electron chi connectivity index (χ0n) is 21.2. The molecule has 0 aliphatic heterocycles. The minimum atomic E-state index is -0.234. The number of nitrogens with zero attached hydrogens (tertiary/aromatic N) is 1. The van der Waals surface area contributed by atoms with E-state index in [-0.39, 0.29) is 24.3 Å². The van der Waals surface area contributed by atoms with Gasteiger partial charge in [-0.15, -0.1) is 0 Å². The fourth-order valence-electron chi connectivity index (χ4n) is 3.88. The van der Waals surface area contributed by atoms with E-state index in [1.807, 2.05) is 78.9 Å². The van der Waals surface area contributed by atoms with Gasteiger partial charge in [-0.05, 0) is 66.6 Å². The summed E-state index contributed by atoms with van der Waals surface area (Å²) in [6.07, 6.45) is 1.06. The highest BCUT2D eigenvalue weighted by molar-refractivity contribution is 6.06. The fourth-order valence-corrected chi connectivity index (χ4v) is 3.88. The molecule has 4 aromatic rings. The summed E-state index contributed by atoms with van der Waals surface area (Å²) in [4.78, 5) is 39.1. The van der Waals surface area contributed by atoms with Gasteiger partial charge in [-0.2, -0.15) is 0 Å². The number of carbonyl (C=O) groups is 3. The summed E-state index contributed by atoms with van der Waals surface area (Å²) in [6, 6.07) is 33.3. The van der Waals surface area contributed by atoms with E-state index >= 15 is 0 Å². The SMILES string of the molecule is CN(C(=O)c1ccc(NC(=O)CNc2cccc(NC(=O)CCc3ccccc3)c2)cc1)c1ccccc1. The number of benzene rings is 4. The maximum atomic E-state index is 12.7. The van der Waals surface area contributed by atoms with Crippen molar-refractivity contribution in [2.75, 3.05) is 34.4 Å². The monoisotopic (exact) mass is 506 g/mol. The van der Waals surface area contributed by atoms with Crippen LogP contribution in [0.15, 0.2) is 109 Å². The van der Waals surface area contributed by atoms with Gasteiger partial charge < -0.3 is 20.9 Å². The molecule has 0 atom stereocenters. The molecule has 0 spiro atoms. The second kappa shape index (κ2) is 12.9. The average Bonchev–Trinajstić information content (AvgIpc) is 2.96. The van der Waals surface area contributed by atoms with Gasteiger partial charge in [0.25, 0.3) is 5.91 Å². The van der Waals surface area contributed by atoms with Crippen molar-refractivity contribution in [3.63, 3.8) is 0 Å². The Kier molecular flexibility index (Phi) is 8.86. The number of anilines is 4. The molecule has 4 rings (SSSR count). The Balaban J connectivity index is 1.24. The van der Waals surface area contributed by atoms with Gasteiger partial charge in [-0.3, -0.25) is 14.4 Å². The van der Waals surface area contributed by atoms with Gasteiger partial charge in [0.2, 0.25) is 11.8 Å². The van der Waals surface area contributed by atoms with E-state index in [4.69, 9.17) is 0 Å². The number of hydrogen-bond donors (Lipinski definition) is 3. The van der Waals surface area contributed by atoms with Crippen LogP contribution in [0.5, 0.6) is 0 Å². The van der Waals surface area contributed by atoms with Crippen LogP contribution in [0.25, 0.3) is 0 Å². The van der Waals surface area contributed by atoms with Crippen LogP contribution in [0, 0.1) is 0 Å². The summed E-state index contributed by atoms with van der Waals surface area (Å²) in [7, 11) is 1.73. The van der Waals surface area contributed by atoms with E-state index in [0.29, 0.717) is 35.5 Å². The maximum Gasteiger partial charge on any atom is 0.258 e. The summed E-state index contributed by atoms with van der Waals surface area (Å²) in [5.41, 5.74) is 4.41. The van der Waals surface area contributed by atoms with Gasteiger partial charge in [-0.1, -0.05) is 54.6 Å². The molecule has 0 aliphatic carbocycles. The molecule has 0 saturated heterocycles. The van der Waals surface area contributed by atoms with Crippen molar-refractivity contribution in [2.45, 2.75) is 12.8 Å². The Bertz CT molecular complexity index is 1370. The molecule has 0 aliphatic rings. The first-order chi connectivity index (χ1) is 18.5. The number of amides is 3. The largest absolute Gasteiger partial charge is 0.376 e. The van der Waals surface area contributed by atoms with Crippen molar-refractivity contribution in [3.05, 3.63) is 120 Å². The van der Waals surface area contributed by atoms with E-state index in [2.05, 4.69) is 16.0 Å². The van der Waals surface area contributed by atoms with Crippen LogP contribution in [-0.4, -0.2) is 31.3 Å². The molecular formula is C31H30N4O3. The van der Waals surface area contributed by atoms with Crippen LogP contribution in [0.4, 0.5) is 22.7 Å². The zero-order valence-corrected chi connectivity index (χ0v) is 21.2. The van der Waals surface area contributed by atoms with Gasteiger partial charge in [0, 0.05) is 41.8 Å². The summed E-state index contributed by atoms with van der Waals surface area (Å²) in [5, 5.41) is 8.80. The van der Waals surface area contributed by atoms with Gasteiger partial charge in [-0.25, -0.2) is 0 Å². The Morgan fingerprint density at radius 1 is 0.658 bits per heavy atom. The third-order valence-electron chi connectivity index (χ3n) is 5.95. The molecule has 0 bridgehead atoms. The lowest BCUT2D eigenvalue weighted by molar-refractivity contribution is -0.116. The Labute approximate surface area is 222 Å². The molecule has 0 heterocycles. The molecule has 7 heteroatoms. The van der Waals surface area contributed by atoms with Crippen LogP contribution in [0.1, 0.15) is 22.3 Å². The first-order valence-electron chi connectivity index (χ1n) is 12.4. The second-order valence-electron chi connectivity index (χ2n) is 8.79. The minimum absolute atomic E-state index is 0.0445. The Morgan fingerprint density at radius 3 is 2.00 bits per heavy atom. The van der Waals surface area contributed by atoms with E-state index < -0.39 is 0 Å². The normalized spacial score (nSPS) is 10.3. The lowest BCUT2D eigenvalue weighted by atomic mass is 10.1. The highest BCUT2D eigenvalue weighted by Crippen LogP contribution is 2.18. The molecule has 4 aromatic carbocycles. The van der Waals surface area contributed by atoms with Gasteiger partial charge in [0.1, 0.15) is 0 Å². The third kappa shape index (κ3) is 7.54. The van der Waals surface area contributed by atoms with Crippen LogP contribution in [-0.2, 0) is 16.0 Å². The molecule has 7 nitrogen and oxygen atoms in total. The molecule has 0 unspecified atom stereocenters.